The summed E-state index contributed by atoms with van der Waals surface area (Å²) in [6.07, 6.45) is 3.47. The van der Waals surface area contributed by atoms with Gasteiger partial charge < -0.3 is 9.88 Å². The van der Waals surface area contributed by atoms with Gasteiger partial charge >= 0.3 is 0 Å². The fraction of sp³-hybridized carbons (Fsp3) is 0.385. The number of aromatic nitrogens is 3. The summed E-state index contributed by atoms with van der Waals surface area (Å²) in [6, 6.07) is 7.74. The fourth-order valence-corrected chi connectivity index (χ4v) is 2.48. The van der Waals surface area contributed by atoms with E-state index in [1.807, 2.05) is 24.3 Å². The van der Waals surface area contributed by atoms with Gasteiger partial charge in [0.25, 0.3) is 0 Å². The van der Waals surface area contributed by atoms with E-state index in [-0.39, 0.29) is 0 Å². The smallest absolute Gasteiger partial charge is 0.152 e. The van der Waals surface area contributed by atoms with E-state index in [0.717, 1.165) is 35.3 Å². The number of hydrogen-bond acceptors (Lipinski definition) is 3. The van der Waals surface area contributed by atoms with E-state index in [1.165, 1.54) is 12.8 Å². The number of nitrogens with one attached hydrogen (secondary N) is 1. The Kier molecular flexibility index (Phi) is 3.19. The molecular formula is C13H15ClN4. The minimum Gasteiger partial charge on any atom is -0.377 e. The maximum Gasteiger partial charge on any atom is 0.152 e. The third kappa shape index (κ3) is 2.20. The fourth-order valence-electron chi connectivity index (χ4n) is 2.28. The lowest BCUT2D eigenvalue weighted by molar-refractivity contribution is 0.510. The highest BCUT2D eigenvalue weighted by atomic mass is 35.5. The average molecular weight is 263 g/mol. The average Bonchev–Trinajstić information content (AvgIpc) is 2.81. The molecule has 0 aliphatic carbocycles. The molecule has 2 aromatic rings. The van der Waals surface area contributed by atoms with E-state index in [4.69, 9.17) is 11.6 Å². The Labute approximate surface area is 111 Å². The number of hydrogen-bond donors (Lipinski definition) is 1. The zero-order valence-electron chi connectivity index (χ0n) is 10.1. The second-order valence-electron chi connectivity index (χ2n) is 4.47. The largest absolute Gasteiger partial charge is 0.377 e. The highest BCUT2D eigenvalue weighted by Crippen LogP contribution is 2.21. The Morgan fingerprint density at radius 2 is 2.11 bits per heavy atom. The summed E-state index contributed by atoms with van der Waals surface area (Å²) in [4.78, 5) is 0. The van der Waals surface area contributed by atoms with Gasteiger partial charge in [-0.3, -0.25) is 0 Å². The molecule has 0 unspecified atom stereocenters. The monoisotopic (exact) mass is 262 g/mol. The molecule has 0 radical (unpaired) electrons. The highest BCUT2D eigenvalue weighted by Gasteiger charge is 2.15. The summed E-state index contributed by atoms with van der Waals surface area (Å²) in [6.45, 7) is 1.69. The van der Waals surface area contributed by atoms with Crippen molar-refractivity contribution >= 4 is 17.3 Å². The summed E-state index contributed by atoms with van der Waals surface area (Å²) >= 11 is 6.10. The first-order valence-electron chi connectivity index (χ1n) is 6.24. The van der Waals surface area contributed by atoms with Crippen LogP contribution < -0.4 is 5.32 Å². The molecule has 1 N–H and O–H groups in total. The van der Waals surface area contributed by atoms with Crippen molar-refractivity contribution in [1.29, 1.82) is 0 Å². The van der Waals surface area contributed by atoms with Crippen LogP contribution in [0.5, 0.6) is 0 Å². The molecule has 0 amide bonds. The number of para-hydroxylation sites is 1. The number of nitrogens with zero attached hydrogens (tertiary/aromatic N) is 3. The molecule has 0 atom stereocenters. The Balaban J connectivity index is 1.74. The lowest BCUT2D eigenvalue weighted by Gasteiger charge is -2.15. The van der Waals surface area contributed by atoms with Crippen molar-refractivity contribution in [2.75, 3.05) is 5.32 Å². The molecule has 0 fully saturated rings. The first kappa shape index (κ1) is 11.5. The third-order valence-corrected chi connectivity index (χ3v) is 3.58. The van der Waals surface area contributed by atoms with E-state index >= 15 is 0 Å². The van der Waals surface area contributed by atoms with Crippen LogP contribution in [0.3, 0.4) is 0 Å². The zero-order valence-corrected chi connectivity index (χ0v) is 10.8. The van der Waals surface area contributed by atoms with Gasteiger partial charge in [0, 0.05) is 13.0 Å². The van der Waals surface area contributed by atoms with Gasteiger partial charge in [-0.1, -0.05) is 23.7 Å². The van der Waals surface area contributed by atoms with Crippen LogP contribution in [-0.4, -0.2) is 14.8 Å². The Hall–Kier alpha value is -1.55. The Bertz CT molecular complexity index is 550. The molecule has 1 aromatic heterocycles. The molecule has 1 aliphatic heterocycles. The standard InChI is InChI=1S/C13H15ClN4/c14-10-5-1-2-6-11(10)15-9-13-17-16-12-7-3-4-8-18(12)13/h1-2,5-6,15H,3-4,7-9H2. The maximum absolute atomic E-state index is 6.10. The van der Waals surface area contributed by atoms with Crippen molar-refractivity contribution in [3.8, 4) is 0 Å². The van der Waals surface area contributed by atoms with Gasteiger partial charge in [-0.05, 0) is 25.0 Å². The molecular weight excluding hydrogens is 248 g/mol. The lowest BCUT2D eigenvalue weighted by Crippen LogP contribution is -2.15. The molecule has 94 valence electrons. The second kappa shape index (κ2) is 4.98. The number of fused-ring (bicyclic) bond motifs is 1. The summed E-state index contributed by atoms with van der Waals surface area (Å²) in [5, 5.41) is 12.5. The predicted molar refractivity (Wildman–Crippen MR) is 71.7 cm³/mol. The van der Waals surface area contributed by atoms with Crippen molar-refractivity contribution in [2.45, 2.75) is 32.4 Å². The van der Waals surface area contributed by atoms with Crippen molar-refractivity contribution in [2.24, 2.45) is 0 Å². The minimum absolute atomic E-state index is 0.663. The lowest BCUT2D eigenvalue weighted by atomic mass is 10.2. The first-order chi connectivity index (χ1) is 8.84. The van der Waals surface area contributed by atoms with E-state index in [2.05, 4.69) is 20.1 Å². The molecule has 3 rings (SSSR count). The van der Waals surface area contributed by atoms with Gasteiger partial charge in [0.2, 0.25) is 0 Å². The minimum atomic E-state index is 0.663. The summed E-state index contributed by atoms with van der Waals surface area (Å²) in [5.41, 5.74) is 0.937. The van der Waals surface area contributed by atoms with E-state index in [1.54, 1.807) is 0 Å². The number of benzene rings is 1. The van der Waals surface area contributed by atoms with Gasteiger partial charge in [0.05, 0.1) is 17.3 Å². The van der Waals surface area contributed by atoms with Gasteiger partial charge in [-0.15, -0.1) is 10.2 Å². The van der Waals surface area contributed by atoms with Crippen molar-refractivity contribution in [3.05, 3.63) is 40.9 Å². The molecule has 1 aliphatic rings. The molecule has 1 aromatic carbocycles. The van der Waals surface area contributed by atoms with Crippen molar-refractivity contribution in [1.82, 2.24) is 14.8 Å². The predicted octanol–water partition coefficient (Wildman–Crippen LogP) is 2.88. The summed E-state index contributed by atoms with van der Waals surface area (Å²) in [7, 11) is 0. The SMILES string of the molecule is Clc1ccccc1NCc1nnc2n1CCCC2. The van der Waals surface area contributed by atoms with Gasteiger partial charge in [0.15, 0.2) is 5.82 Å². The van der Waals surface area contributed by atoms with Gasteiger partial charge in [-0.2, -0.15) is 0 Å². The number of aryl methyl sites for hydroxylation is 1. The van der Waals surface area contributed by atoms with Crippen LogP contribution in [0.1, 0.15) is 24.5 Å². The normalized spacial score (nSPS) is 14.3. The first-order valence-corrected chi connectivity index (χ1v) is 6.62. The quantitative estimate of drug-likeness (QED) is 0.925. The van der Waals surface area contributed by atoms with Gasteiger partial charge in [-0.25, -0.2) is 0 Å². The van der Waals surface area contributed by atoms with Gasteiger partial charge in [0.1, 0.15) is 5.82 Å². The van der Waals surface area contributed by atoms with Crippen molar-refractivity contribution in [3.63, 3.8) is 0 Å². The van der Waals surface area contributed by atoms with Crippen LogP contribution in [0.2, 0.25) is 5.02 Å². The molecule has 5 heteroatoms. The topological polar surface area (TPSA) is 42.7 Å². The molecule has 4 nitrogen and oxygen atoms in total. The van der Waals surface area contributed by atoms with E-state index < -0.39 is 0 Å². The van der Waals surface area contributed by atoms with Crippen LogP contribution in [0.25, 0.3) is 0 Å². The molecule has 0 saturated heterocycles. The molecule has 18 heavy (non-hydrogen) atoms. The summed E-state index contributed by atoms with van der Waals surface area (Å²) in [5.74, 6) is 2.10. The Morgan fingerprint density at radius 1 is 1.22 bits per heavy atom. The molecule has 0 saturated carbocycles. The zero-order chi connectivity index (χ0) is 12.4. The van der Waals surface area contributed by atoms with Crippen LogP contribution in [-0.2, 0) is 19.5 Å². The molecule has 2 heterocycles. The number of anilines is 1. The van der Waals surface area contributed by atoms with Crippen molar-refractivity contribution < 1.29 is 0 Å². The highest BCUT2D eigenvalue weighted by molar-refractivity contribution is 6.33. The summed E-state index contributed by atoms with van der Waals surface area (Å²) < 4.78 is 2.22. The van der Waals surface area contributed by atoms with Crippen LogP contribution in [0.4, 0.5) is 5.69 Å². The number of halogens is 1. The molecule has 0 spiro atoms. The van der Waals surface area contributed by atoms with E-state index in [9.17, 15) is 0 Å². The second-order valence-corrected chi connectivity index (χ2v) is 4.88. The van der Waals surface area contributed by atoms with Crippen LogP contribution >= 0.6 is 11.6 Å². The molecule has 0 bridgehead atoms. The number of rotatable bonds is 3. The Morgan fingerprint density at radius 3 is 3.00 bits per heavy atom. The van der Waals surface area contributed by atoms with Crippen LogP contribution in [0.15, 0.2) is 24.3 Å². The maximum atomic E-state index is 6.10. The van der Waals surface area contributed by atoms with E-state index in [0.29, 0.717) is 6.54 Å². The third-order valence-electron chi connectivity index (χ3n) is 3.25. The van der Waals surface area contributed by atoms with Crippen LogP contribution in [0, 0.1) is 0 Å².